The van der Waals surface area contributed by atoms with Gasteiger partial charge in [0.05, 0.1) is 15.2 Å². The van der Waals surface area contributed by atoms with Crippen molar-refractivity contribution in [3.05, 3.63) is 55.3 Å². The third-order valence-electron chi connectivity index (χ3n) is 2.34. The van der Waals surface area contributed by atoms with Gasteiger partial charge in [-0.2, -0.15) is 0 Å². The number of aromatic amines is 1. The van der Waals surface area contributed by atoms with Gasteiger partial charge >= 0.3 is 0 Å². The minimum absolute atomic E-state index is 0.158. The number of rotatable bonds is 3. The standard InChI is InChI=1S/C11H7BrCl2N2O3S/c12-10-7(13)2-1-3-9(10)16-20(18,19)6-4-8(14)11(17)15-5-6/h1-5,16H,(H,15,17). The maximum absolute atomic E-state index is 12.2. The maximum Gasteiger partial charge on any atom is 0.266 e. The highest BCUT2D eigenvalue weighted by molar-refractivity contribution is 9.10. The van der Waals surface area contributed by atoms with Crippen LogP contribution in [0.15, 0.2) is 44.6 Å². The van der Waals surface area contributed by atoms with Crippen molar-refractivity contribution in [2.75, 3.05) is 4.72 Å². The van der Waals surface area contributed by atoms with Gasteiger partial charge in [0, 0.05) is 6.20 Å². The number of benzene rings is 1. The molecule has 0 bridgehead atoms. The summed E-state index contributed by atoms with van der Waals surface area (Å²) in [4.78, 5) is 13.2. The highest BCUT2D eigenvalue weighted by atomic mass is 79.9. The summed E-state index contributed by atoms with van der Waals surface area (Å²) in [6, 6.07) is 5.83. The molecule has 2 aromatic rings. The quantitative estimate of drug-likeness (QED) is 0.834. The van der Waals surface area contributed by atoms with Crippen LogP contribution >= 0.6 is 39.1 Å². The molecule has 0 atom stereocenters. The van der Waals surface area contributed by atoms with E-state index in [9.17, 15) is 13.2 Å². The first-order valence-corrected chi connectivity index (χ1v) is 8.19. The second-order valence-corrected chi connectivity index (χ2v) is 7.01. The van der Waals surface area contributed by atoms with Crippen molar-refractivity contribution in [2.24, 2.45) is 0 Å². The van der Waals surface area contributed by atoms with Gasteiger partial charge in [-0.1, -0.05) is 29.3 Å². The first kappa shape index (κ1) is 15.4. The normalized spacial score (nSPS) is 11.3. The molecule has 0 unspecified atom stereocenters. The number of hydrogen-bond donors (Lipinski definition) is 2. The molecule has 0 fully saturated rings. The zero-order valence-electron chi connectivity index (χ0n) is 9.65. The van der Waals surface area contributed by atoms with E-state index in [0.29, 0.717) is 9.50 Å². The van der Waals surface area contributed by atoms with Gasteiger partial charge in [0.1, 0.15) is 9.92 Å². The molecule has 0 saturated carbocycles. The number of pyridine rings is 1. The van der Waals surface area contributed by atoms with Crippen LogP contribution in [0.5, 0.6) is 0 Å². The lowest BCUT2D eigenvalue weighted by molar-refractivity contribution is 0.600. The first-order valence-electron chi connectivity index (χ1n) is 5.16. The van der Waals surface area contributed by atoms with Gasteiger partial charge in [0.25, 0.3) is 15.6 Å². The molecule has 106 valence electrons. The Hall–Kier alpha value is -1.02. The topological polar surface area (TPSA) is 79.0 Å². The van der Waals surface area contributed by atoms with E-state index in [1.165, 1.54) is 0 Å². The summed E-state index contributed by atoms with van der Waals surface area (Å²) in [6.45, 7) is 0. The smallest absolute Gasteiger partial charge is 0.266 e. The van der Waals surface area contributed by atoms with Crippen LogP contribution in [0, 0.1) is 0 Å². The molecule has 0 aliphatic heterocycles. The molecule has 0 amide bonds. The monoisotopic (exact) mass is 396 g/mol. The number of hydrogen-bond acceptors (Lipinski definition) is 3. The molecule has 5 nitrogen and oxygen atoms in total. The lowest BCUT2D eigenvalue weighted by Crippen LogP contribution is -2.16. The molecule has 0 spiro atoms. The summed E-state index contributed by atoms with van der Waals surface area (Å²) in [5, 5.41) is 0.155. The lowest BCUT2D eigenvalue weighted by Gasteiger charge is -2.10. The van der Waals surface area contributed by atoms with Gasteiger partial charge in [-0.25, -0.2) is 8.42 Å². The van der Waals surface area contributed by atoms with E-state index in [0.717, 1.165) is 12.3 Å². The number of halogens is 3. The first-order chi connectivity index (χ1) is 9.31. The number of aromatic nitrogens is 1. The summed E-state index contributed by atoms with van der Waals surface area (Å²) in [5.74, 6) is 0. The number of anilines is 1. The van der Waals surface area contributed by atoms with Gasteiger partial charge in [-0.3, -0.25) is 9.52 Å². The largest absolute Gasteiger partial charge is 0.326 e. The van der Waals surface area contributed by atoms with Crippen molar-refractivity contribution in [3.63, 3.8) is 0 Å². The van der Waals surface area contributed by atoms with Crippen LogP contribution in [0.1, 0.15) is 0 Å². The average Bonchev–Trinajstić information content (AvgIpc) is 2.38. The van der Waals surface area contributed by atoms with E-state index in [1.54, 1.807) is 18.2 Å². The van der Waals surface area contributed by atoms with Gasteiger partial charge in [-0.05, 0) is 34.1 Å². The number of nitrogens with one attached hydrogen (secondary N) is 2. The predicted molar refractivity (Wildman–Crippen MR) is 82.0 cm³/mol. The molecule has 0 aliphatic carbocycles. The fourth-order valence-electron chi connectivity index (χ4n) is 1.38. The van der Waals surface area contributed by atoms with Crippen LogP contribution in [0.4, 0.5) is 5.69 Å². The number of H-pyrrole nitrogens is 1. The molecule has 2 rings (SSSR count). The highest BCUT2D eigenvalue weighted by Gasteiger charge is 2.17. The molecular formula is C11H7BrCl2N2O3S. The lowest BCUT2D eigenvalue weighted by atomic mass is 10.3. The zero-order valence-corrected chi connectivity index (χ0v) is 13.6. The molecule has 0 aliphatic rings. The Balaban J connectivity index is 2.43. The molecule has 1 aromatic heterocycles. The minimum atomic E-state index is -3.89. The molecule has 0 radical (unpaired) electrons. The second-order valence-electron chi connectivity index (χ2n) is 3.72. The van der Waals surface area contributed by atoms with Crippen molar-refractivity contribution in [3.8, 4) is 0 Å². The third-order valence-corrected chi connectivity index (χ3v) is 5.36. The van der Waals surface area contributed by atoms with Crippen molar-refractivity contribution >= 4 is 54.8 Å². The molecule has 20 heavy (non-hydrogen) atoms. The third kappa shape index (κ3) is 3.17. The molecule has 9 heteroatoms. The summed E-state index contributed by atoms with van der Waals surface area (Å²) in [5.41, 5.74) is -0.283. The summed E-state index contributed by atoms with van der Waals surface area (Å²) in [6.07, 6.45) is 1.06. The number of sulfonamides is 1. The second kappa shape index (κ2) is 5.77. The predicted octanol–water partition coefficient (Wildman–Crippen LogP) is 3.25. The Labute approximate surface area is 133 Å². The fourth-order valence-corrected chi connectivity index (χ4v) is 3.35. The van der Waals surface area contributed by atoms with Crippen molar-refractivity contribution in [1.82, 2.24) is 4.98 Å². The van der Waals surface area contributed by atoms with Crippen LogP contribution in [-0.2, 0) is 10.0 Å². The molecular weight excluding hydrogens is 391 g/mol. The van der Waals surface area contributed by atoms with E-state index in [1.807, 2.05) is 0 Å². The van der Waals surface area contributed by atoms with Crippen molar-refractivity contribution in [2.45, 2.75) is 4.90 Å². The Morgan fingerprint density at radius 3 is 2.55 bits per heavy atom. The Kier molecular flexibility index (Phi) is 4.43. The van der Waals surface area contributed by atoms with Crippen LogP contribution in [0.2, 0.25) is 10.0 Å². The van der Waals surface area contributed by atoms with E-state index >= 15 is 0 Å². The Morgan fingerprint density at radius 2 is 1.90 bits per heavy atom. The van der Waals surface area contributed by atoms with Crippen LogP contribution < -0.4 is 10.3 Å². The van der Waals surface area contributed by atoms with Gasteiger partial charge < -0.3 is 4.98 Å². The van der Waals surface area contributed by atoms with Crippen LogP contribution in [0.25, 0.3) is 0 Å². The summed E-state index contributed by atoms with van der Waals surface area (Å²) < 4.78 is 27.1. The summed E-state index contributed by atoms with van der Waals surface area (Å²) >= 11 is 14.7. The van der Waals surface area contributed by atoms with E-state index in [2.05, 4.69) is 25.6 Å². The molecule has 2 N–H and O–H groups in total. The van der Waals surface area contributed by atoms with E-state index in [4.69, 9.17) is 23.2 Å². The van der Waals surface area contributed by atoms with E-state index in [-0.39, 0.29) is 15.6 Å². The molecule has 0 saturated heterocycles. The van der Waals surface area contributed by atoms with Gasteiger partial charge in [0.2, 0.25) is 0 Å². The molecule has 1 aromatic carbocycles. The SMILES string of the molecule is O=c1[nH]cc(S(=O)(=O)Nc2cccc(Cl)c2Br)cc1Cl. The van der Waals surface area contributed by atoms with E-state index < -0.39 is 15.6 Å². The summed E-state index contributed by atoms with van der Waals surface area (Å²) in [7, 11) is -3.89. The fraction of sp³-hybridized carbons (Fsp3) is 0. The minimum Gasteiger partial charge on any atom is -0.326 e. The molecule has 1 heterocycles. The van der Waals surface area contributed by atoms with Gasteiger partial charge in [0.15, 0.2) is 0 Å². The average molecular weight is 398 g/mol. The Morgan fingerprint density at radius 1 is 1.20 bits per heavy atom. The highest BCUT2D eigenvalue weighted by Crippen LogP contribution is 2.31. The maximum atomic E-state index is 12.2. The van der Waals surface area contributed by atoms with Crippen molar-refractivity contribution < 1.29 is 8.42 Å². The zero-order chi connectivity index (χ0) is 14.9. The van der Waals surface area contributed by atoms with Crippen LogP contribution in [-0.4, -0.2) is 13.4 Å². The van der Waals surface area contributed by atoms with Crippen molar-refractivity contribution in [1.29, 1.82) is 0 Å². The van der Waals surface area contributed by atoms with Gasteiger partial charge in [-0.15, -0.1) is 0 Å². The van der Waals surface area contributed by atoms with Crippen LogP contribution in [0.3, 0.4) is 0 Å². The Bertz CT molecular complexity index is 821.